The van der Waals surface area contributed by atoms with Crippen LogP contribution in [0.3, 0.4) is 0 Å². The monoisotopic (exact) mass is 443 g/mol. The van der Waals surface area contributed by atoms with Gasteiger partial charge in [-0.1, -0.05) is 37.3 Å². The zero-order chi connectivity index (χ0) is 23.6. The summed E-state index contributed by atoms with van der Waals surface area (Å²) in [5, 5.41) is 3.14. The molecule has 0 aliphatic carbocycles. The zero-order valence-electron chi connectivity index (χ0n) is 18.0. The van der Waals surface area contributed by atoms with Crippen LogP contribution in [-0.4, -0.2) is 51.5 Å². The molecule has 32 heavy (non-hydrogen) atoms. The van der Waals surface area contributed by atoms with Gasteiger partial charge in [0.25, 0.3) is 17.4 Å². The van der Waals surface area contributed by atoms with E-state index in [4.69, 9.17) is 5.73 Å². The maximum absolute atomic E-state index is 12.5. The van der Waals surface area contributed by atoms with Crippen LogP contribution in [0, 0.1) is 0 Å². The number of nitrogens with zero attached hydrogens (tertiary/aromatic N) is 3. The smallest absolute Gasteiger partial charge is 0.344 e. The number of benzene rings is 1. The van der Waals surface area contributed by atoms with E-state index in [2.05, 4.69) is 15.7 Å². The first-order chi connectivity index (χ1) is 15.1. The maximum Gasteiger partial charge on any atom is 0.344 e. The number of carbonyl (C=O) groups is 3. The van der Waals surface area contributed by atoms with E-state index in [1.807, 2.05) is 6.07 Å². The van der Waals surface area contributed by atoms with Crippen molar-refractivity contribution in [1.82, 2.24) is 25.3 Å². The quantitative estimate of drug-likeness (QED) is 0.413. The van der Waals surface area contributed by atoms with Crippen molar-refractivity contribution in [2.24, 2.45) is 0 Å². The van der Waals surface area contributed by atoms with E-state index < -0.39 is 41.2 Å². The minimum atomic E-state index is -1.11. The molecular weight excluding hydrogens is 418 g/mol. The summed E-state index contributed by atoms with van der Waals surface area (Å²) in [6.45, 7) is 3.00. The fourth-order valence-corrected chi connectivity index (χ4v) is 3.35. The summed E-state index contributed by atoms with van der Waals surface area (Å²) in [5.74, 6) is -1.43. The number of hydrazine groups is 1. The number of imide groups is 1. The predicted molar refractivity (Wildman–Crippen MR) is 117 cm³/mol. The molecule has 0 saturated carbocycles. The molecule has 1 saturated heterocycles. The summed E-state index contributed by atoms with van der Waals surface area (Å²) in [5.41, 5.74) is 6.50. The number of urea groups is 1. The lowest BCUT2D eigenvalue weighted by Crippen LogP contribution is -2.51. The Morgan fingerprint density at radius 1 is 1.19 bits per heavy atom. The highest BCUT2D eigenvalue weighted by Crippen LogP contribution is 2.19. The molecule has 0 spiro atoms. The minimum absolute atomic E-state index is 0.0914. The van der Waals surface area contributed by atoms with Gasteiger partial charge in [0.2, 0.25) is 0 Å². The number of hydrogen-bond acceptors (Lipinski definition) is 7. The fourth-order valence-electron chi connectivity index (χ4n) is 3.35. The second kappa shape index (κ2) is 8.57. The van der Waals surface area contributed by atoms with E-state index in [0.29, 0.717) is 11.4 Å². The highest BCUT2D eigenvalue weighted by atomic mass is 16.2. The third-order valence-electron chi connectivity index (χ3n) is 5.36. The molecule has 2 heterocycles. The SMILES string of the molecule is CCC1(C)NC(=O)N(NC(=O)CN(C)c2c(N)n(Cc3ccccc3)c(=O)[nH]c2=O)C1=O. The van der Waals surface area contributed by atoms with E-state index in [9.17, 15) is 24.0 Å². The van der Waals surface area contributed by atoms with E-state index in [-0.39, 0.29) is 18.1 Å². The molecule has 5 N–H and O–H groups in total. The van der Waals surface area contributed by atoms with E-state index in [1.54, 1.807) is 38.1 Å². The van der Waals surface area contributed by atoms with Crippen LogP contribution in [0.2, 0.25) is 0 Å². The van der Waals surface area contributed by atoms with E-state index >= 15 is 0 Å². The van der Waals surface area contributed by atoms with E-state index in [1.165, 1.54) is 16.5 Å². The van der Waals surface area contributed by atoms with Crippen molar-refractivity contribution in [2.75, 3.05) is 24.2 Å². The van der Waals surface area contributed by atoms with Gasteiger partial charge in [0.05, 0.1) is 13.1 Å². The number of anilines is 2. The Bertz CT molecular complexity index is 1170. The predicted octanol–water partition coefficient (Wildman–Crippen LogP) is -0.645. The number of likely N-dealkylation sites (N-methyl/N-ethyl adjacent to an activating group) is 1. The molecule has 12 nitrogen and oxygen atoms in total. The Morgan fingerprint density at radius 3 is 2.44 bits per heavy atom. The van der Waals surface area contributed by atoms with Crippen molar-refractivity contribution < 1.29 is 14.4 Å². The number of hydrogen-bond donors (Lipinski definition) is 4. The number of aromatic nitrogens is 2. The Labute approximate surface area is 183 Å². The maximum atomic E-state index is 12.5. The van der Waals surface area contributed by atoms with Gasteiger partial charge in [0, 0.05) is 7.05 Å². The lowest BCUT2D eigenvalue weighted by atomic mass is 10.00. The average Bonchev–Trinajstić information content (AvgIpc) is 2.95. The Balaban J connectivity index is 1.80. The molecular formula is C20H25N7O5. The molecule has 1 unspecified atom stereocenters. The third kappa shape index (κ3) is 4.19. The molecule has 1 aromatic carbocycles. The summed E-state index contributed by atoms with van der Waals surface area (Å²) in [4.78, 5) is 65.1. The Kier molecular flexibility index (Phi) is 6.05. The Morgan fingerprint density at radius 2 is 1.84 bits per heavy atom. The molecule has 3 rings (SSSR count). The number of aromatic amines is 1. The van der Waals surface area contributed by atoms with Gasteiger partial charge < -0.3 is 16.0 Å². The van der Waals surface area contributed by atoms with Crippen LogP contribution in [0.4, 0.5) is 16.3 Å². The van der Waals surface area contributed by atoms with Gasteiger partial charge in [0.15, 0.2) is 0 Å². The fraction of sp³-hybridized carbons (Fsp3) is 0.350. The third-order valence-corrected chi connectivity index (χ3v) is 5.36. The number of H-pyrrole nitrogens is 1. The first-order valence-corrected chi connectivity index (χ1v) is 9.91. The van der Waals surface area contributed by atoms with Gasteiger partial charge in [-0.25, -0.2) is 9.59 Å². The first kappa shape index (κ1) is 22.6. The molecule has 1 atom stereocenters. The molecule has 4 amide bonds. The molecule has 170 valence electrons. The number of nitrogens with two attached hydrogens (primary N) is 1. The van der Waals surface area contributed by atoms with Crippen molar-refractivity contribution in [1.29, 1.82) is 0 Å². The second-order valence-electron chi connectivity index (χ2n) is 7.71. The number of nitrogens with one attached hydrogen (secondary N) is 3. The van der Waals surface area contributed by atoms with Crippen molar-refractivity contribution in [3.05, 3.63) is 56.7 Å². The lowest BCUT2D eigenvalue weighted by molar-refractivity contribution is -0.138. The molecule has 2 aromatic rings. The summed E-state index contributed by atoms with van der Waals surface area (Å²) >= 11 is 0. The first-order valence-electron chi connectivity index (χ1n) is 9.91. The number of carbonyl (C=O) groups excluding carboxylic acids is 3. The molecule has 1 aliphatic rings. The molecule has 1 aromatic heterocycles. The highest BCUT2D eigenvalue weighted by Gasteiger charge is 2.47. The van der Waals surface area contributed by atoms with Crippen LogP contribution in [0.1, 0.15) is 25.8 Å². The van der Waals surface area contributed by atoms with Crippen molar-refractivity contribution in [2.45, 2.75) is 32.4 Å². The van der Waals surface area contributed by atoms with Crippen LogP contribution in [0.25, 0.3) is 0 Å². The van der Waals surface area contributed by atoms with Crippen molar-refractivity contribution in [3.63, 3.8) is 0 Å². The standard InChI is InChI=1S/C20H25N7O5/c1-4-20(2)17(30)27(19(32)23-20)24-13(28)11-25(3)14-15(21)26(18(31)22-16(14)29)10-12-8-6-5-7-9-12/h5-9H,4,10-11,21H2,1-3H3,(H,23,32)(H,24,28)(H,22,29,31). The normalized spacial score (nSPS) is 17.9. The second-order valence-corrected chi connectivity index (χ2v) is 7.71. The Hall–Kier alpha value is -4.09. The highest BCUT2D eigenvalue weighted by molar-refractivity contribution is 6.07. The van der Waals surface area contributed by atoms with Crippen LogP contribution in [0.15, 0.2) is 39.9 Å². The summed E-state index contributed by atoms with van der Waals surface area (Å²) in [6.07, 6.45) is 0.346. The van der Waals surface area contributed by atoms with Crippen LogP contribution >= 0.6 is 0 Å². The van der Waals surface area contributed by atoms with Gasteiger partial charge in [-0.2, -0.15) is 5.01 Å². The van der Waals surface area contributed by atoms with Crippen molar-refractivity contribution in [3.8, 4) is 0 Å². The summed E-state index contributed by atoms with van der Waals surface area (Å²) in [7, 11) is 1.43. The number of nitrogen functional groups attached to an aromatic ring is 1. The van der Waals surface area contributed by atoms with E-state index in [0.717, 1.165) is 5.56 Å². The molecule has 1 fully saturated rings. The largest absolute Gasteiger partial charge is 0.383 e. The van der Waals surface area contributed by atoms with Crippen LogP contribution < -0.4 is 32.6 Å². The summed E-state index contributed by atoms with van der Waals surface area (Å²) in [6, 6.07) is 8.29. The average molecular weight is 443 g/mol. The van der Waals surface area contributed by atoms with Gasteiger partial charge in [0.1, 0.15) is 17.0 Å². The number of amides is 4. The molecule has 1 aliphatic heterocycles. The van der Waals surface area contributed by atoms with Crippen LogP contribution in [0.5, 0.6) is 0 Å². The van der Waals surface area contributed by atoms with Crippen LogP contribution in [-0.2, 0) is 16.1 Å². The molecule has 0 radical (unpaired) electrons. The van der Waals surface area contributed by atoms with Crippen molar-refractivity contribution >= 4 is 29.4 Å². The summed E-state index contributed by atoms with van der Waals surface area (Å²) < 4.78 is 1.19. The lowest BCUT2D eigenvalue weighted by Gasteiger charge is -2.23. The molecule has 12 heteroatoms. The minimum Gasteiger partial charge on any atom is -0.383 e. The van der Waals surface area contributed by atoms with Gasteiger partial charge in [-0.3, -0.25) is 29.4 Å². The molecule has 0 bridgehead atoms. The van der Waals surface area contributed by atoms with Gasteiger partial charge >= 0.3 is 11.7 Å². The number of rotatable bonds is 7. The van der Waals surface area contributed by atoms with Gasteiger partial charge in [-0.15, -0.1) is 0 Å². The topological polar surface area (TPSA) is 163 Å². The zero-order valence-corrected chi connectivity index (χ0v) is 18.0. The van der Waals surface area contributed by atoms with Gasteiger partial charge in [-0.05, 0) is 18.9 Å².